The lowest BCUT2D eigenvalue weighted by molar-refractivity contribution is 0.494. The summed E-state index contributed by atoms with van der Waals surface area (Å²) in [6.45, 7) is 5.54. The molecule has 2 rings (SSSR count). The Morgan fingerprint density at radius 1 is 1.35 bits per heavy atom. The molecule has 0 fully saturated rings. The van der Waals surface area contributed by atoms with Crippen molar-refractivity contribution in [1.29, 1.82) is 0 Å². The molecule has 6 nitrogen and oxygen atoms in total. The zero-order valence-electron chi connectivity index (χ0n) is 11.6. The minimum Gasteiger partial charge on any atom is -0.465 e. The first-order valence-electron chi connectivity index (χ1n) is 6.05. The predicted octanol–water partition coefficient (Wildman–Crippen LogP) is 1.60. The van der Waals surface area contributed by atoms with Crippen molar-refractivity contribution in [2.45, 2.75) is 38.8 Å². The van der Waals surface area contributed by atoms with Crippen molar-refractivity contribution in [3.05, 3.63) is 33.2 Å². The molecular weight excluding hydrogens is 298 g/mol. The molecule has 0 bridgehead atoms. The van der Waals surface area contributed by atoms with Gasteiger partial charge in [0.15, 0.2) is 0 Å². The number of aromatic nitrogens is 1. The quantitative estimate of drug-likeness (QED) is 0.873. The number of sulfonamides is 1. The Labute approximate surface area is 122 Å². The molecule has 0 saturated carbocycles. The van der Waals surface area contributed by atoms with Crippen LogP contribution in [-0.4, -0.2) is 13.4 Å². The largest absolute Gasteiger partial charge is 0.465 e. The number of hydrogen-bond acceptors (Lipinski definition) is 6. The van der Waals surface area contributed by atoms with Crippen LogP contribution in [0.25, 0.3) is 0 Å². The fourth-order valence-electron chi connectivity index (χ4n) is 2.02. The van der Waals surface area contributed by atoms with Crippen LogP contribution in [0.15, 0.2) is 15.5 Å². The highest BCUT2D eigenvalue weighted by Gasteiger charge is 2.26. The smallest absolute Gasteiger partial charge is 0.244 e. The van der Waals surface area contributed by atoms with E-state index in [1.54, 1.807) is 20.0 Å². The van der Waals surface area contributed by atoms with Crippen LogP contribution < -0.4 is 10.5 Å². The van der Waals surface area contributed by atoms with Gasteiger partial charge in [0.2, 0.25) is 10.0 Å². The molecule has 2 aromatic heterocycles. The Morgan fingerprint density at radius 3 is 2.60 bits per heavy atom. The molecule has 0 aliphatic rings. The fourth-order valence-corrected chi connectivity index (χ4v) is 4.31. The summed E-state index contributed by atoms with van der Waals surface area (Å²) in [5.74, 6) is 0.898. The van der Waals surface area contributed by atoms with Crippen LogP contribution in [0, 0.1) is 20.8 Å². The van der Waals surface area contributed by atoms with Crippen molar-refractivity contribution in [3.63, 3.8) is 0 Å². The van der Waals surface area contributed by atoms with Gasteiger partial charge in [0.25, 0.3) is 0 Å². The summed E-state index contributed by atoms with van der Waals surface area (Å²) >= 11 is 1.46. The van der Waals surface area contributed by atoms with Crippen LogP contribution in [0.3, 0.4) is 0 Å². The van der Waals surface area contributed by atoms with Crippen molar-refractivity contribution >= 4 is 21.4 Å². The minimum atomic E-state index is -3.65. The van der Waals surface area contributed by atoms with Gasteiger partial charge in [0, 0.05) is 29.7 Å². The third-order valence-corrected chi connectivity index (χ3v) is 5.41. The van der Waals surface area contributed by atoms with E-state index in [2.05, 4.69) is 9.71 Å². The maximum Gasteiger partial charge on any atom is 0.244 e. The average Bonchev–Trinajstić information content (AvgIpc) is 2.90. The van der Waals surface area contributed by atoms with Crippen molar-refractivity contribution in [1.82, 2.24) is 9.71 Å². The fraction of sp³-hybridized carbons (Fsp3) is 0.417. The monoisotopic (exact) mass is 315 g/mol. The molecule has 20 heavy (non-hydrogen) atoms. The normalized spacial score (nSPS) is 12.0. The van der Waals surface area contributed by atoms with Crippen LogP contribution in [-0.2, 0) is 23.1 Å². The van der Waals surface area contributed by atoms with E-state index in [0.29, 0.717) is 17.1 Å². The van der Waals surface area contributed by atoms with Crippen LogP contribution in [0.2, 0.25) is 0 Å². The summed E-state index contributed by atoms with van der Waals surface area (Å²) in [6, 6.07) is 0. The Balaban J connectivity index is 2.27. The number of aryl methyl sites for hydroxylation is 3. The summed E-state index contributed by atoms with van der Waals surface area (Å²) in [5, 5.41) is 0.900. The third kappa shape index (κ3) is 2.93. The lowest BCUT2D eigenvalue weighted by Gasteiger charge is -2.06. The second kappa shape index (κ2) is 5.65. The van der Waals surface area contributed by atoms with E-state index < -0.39 is 10.0 Å². The number of hydrogen-bond donors (Lipinski definition) is 2. The predicted molar refractivity (Wildman–Crippen MR) is 76.9 cm³/mol. The molecule has 0 aromatic carbocycles. The van der Waals surface area contributed by atoms with Gasteiger partial charge in [-0.1, -0.05) is 0 Å². The Hall–Kier alpha value is -1.22. The van der Waals surface area contributed by atoms with Gasteiger partial charge in [-0.15, -0.1) is 11.3 Å². The number of nitrogens with two attached hydrogens (primary N) is 1. The Bertz CT molecular complexity index is 716. The van der Waals surface area contributed by atoms with Crippen molar-refractivity contribution in [2.75, 3.05) is 0 Å². The maximum absolute atomic E-state index is 12.4. The van der Waals surface area contributed by atoms with E-state index in [-0.39, 0.29) is 18.0 Å². The van der Waals surface area contributed by atoms with Crippen LogP contribution >= 0.6 is 11.3 Å². The maximum atomic E-state index is 12.4. The summed E-state index contributed by atoms with van der Waals surface area (Å²) in [5.41, 5.74) is 6.14. The van der Waals surface area contributed by atoms with Crippen LogP contribution in [0.5, 0.6) is 0 Å². The third-order valence-electron chi connectivity index (χ3n) is 2.90. The van der Waals surface area contributed by atoms with Gasteiger partial charge in [0.1, 0.15) is 16.4 Å². The summed E-state index contributed by atoms with van der Waals surface area (Å²) in [4.78, 5) is 5.10. The van der Waals surface area contributed by atoms with Gasteiger partial charge in [0.05, 0.1) is 5.01 Å². The van der Waals surface area contributed by atoms with Crippen molar-refractivity contribution < 1.29 is 12.8 Å². The lowest BCUT2D eigenvalue weighted by atomic mass is 10.2. The van der Waals surface area contributed by atoms with E-state index in [9.17, 15) is 8.42 Å². The first-order chi connectivity index (χ1) is 9.35. The summed E-state index contributed by atoms with van der Waals surface area (Å²) < 4.78 is 32.7. The highest BCUT2D eigenvalue weighted by Crippen LogP contribution is 2.26. The SMILES string of the molecule is Cc1ncc(CNS(=O)(=O)c2c(C)oc(C)c2CN)s1. The number of thiazole rings is 1. The van der Waals surface area contributed by atoms with E-state index in [1.807, 2.05) is 6.92 Å². The number of furan rings is 1. The molecule has 0 amide bonds. The zero-order chi connectivity index (χ0) is 14.9. The highest BCUT2D eigenvalue weighted by atomic mass is 32.2. The molecule has 3 N–H and O–H groups in total. The molecule has 0 aliphatic carbocycles. The van der Waals surface area contributed by atoms with Crippen LogP contribution in [0.4, 0.5) is 0 Å². The number of rotatable bonds is 5. The summed E-state index contributed by atoms with van der Waals surface area (Å²) in [7, 11) is -3.65. The highest BCUT2D eigenvalue weighted by molar-refractivity contribution is 7.89. The molecule has 0 spiro atoms. The molecular formula is C12H17N3O3S2. The van der Waals surface area contributed by atoms with E-state index in [1.165, 1.54) is 11.3 Å². The zero-order valence-corrected chi connectivity index (χ0v) is 13.2. The van der Waals surface area contributed by atoms with Crippen molar-refractivity contribution in [3.8, 4) is 0 Å². The van der Waals surface area contributed by atoms with Gasteiger partial charge < -0.3 is 10.2 Å². The number of nitrogens with zero attached hydrogens (tertiary/aromatic N) is 1. The van der Waals surface area contributed by atoms with Gasteiger partial charge >= 0.3 is 0 Å². The van der Waals surface area contributed by atoms with Crippen LogP contribution in [0.1, 0.15) is 27.0 Å². The molecule has 0 unspecified atom stereocenters. The molecule has 0 radical (unpaired) electrons. The molecule has 0 aliphatic heterocycles. The lowest BCUT2D eigenvalue weighted by Crippen LogP contribution is -2.24. The van der Waals surface area contributed by atoms with Gasteiger partial charge in [-0.3, -0.25) is 0 Å². The first kappa shape index (κ1) is 15.2. The molecule has 2 aromatic rings. The minimum absolute atomic E-state index is 0.124. The second-order valence-corrected chi connectivity index (χ2v) is 7.42. The molecule has 0 saturated heterocycles. The van der Waals surface area contributed by atoms with E-state index in [4.69, 9.17) is 10.2 Å². The molecule has 110 valence electrons. The van der Waals surface area contributed by atoms with Gasteiger partial charge in [-0.05, 0) is 20.8 Å². The Morgan fingerprint density at radius 2 is 2.05 bits per heavy atom. The average molecular weight is 315 g/mol. The molecule has 2 heterocycles. The Kier molecular flexibility index (Phi) is 4.28. The second-order valence-electron chi connectivity index (χ2n) is 4.40. The topological polar surface area (TPSA) is 98.2 Å². The van der Waals surface area contributed by atoms with Gasteiger partial charge in [-0.2, -0.15) is 0 Å². The van der Waals surface area contributed by atoms with E-state index in [0.717, 1.165) is 9.88 Å². The van der Waals surface area contributed by atoms with Crippen molar-refractivity contribution in [2.24, 2.45) is 5.73 Å². The molecule has 0 atom stereocenters. The van der Waals surface area contributed by atoms with Gasteiger partial charge in [-0.25, -0.2) is 18.1 Å². The first-order valence-corrected chi connectivity index (χ1v) is 8.35. The standard InChI is InChI=1S/C12H17N3O3S2/c1-7-11(4-13)12(8(2)18-7)20(16,17)15-6-10-5-14-9(3)19-10/h5,15H,4,6,13H2,1-3H3. The molecule has 8 heteroatoms. The summed E-state index contributed by atoms with van der Waals surface area (Å²) in [6.07, 6.45) is 1.67. The number of nitrogens with one attached hydrogen (secondary N) is 1. The van der Waals surface area contributed by atoms with E-state index >= 15 is 0 Å².